The Morgan fingerprint density at radius 3 is 2.68 bits per heavy atom. The molecular weight excluding hydrogens is 376 g/mol. The molecule has 1 saturated heterocycles. The first-order chi connectivity index (χ1) is 13.2. The zero-order valence-electron chi connectivity index (χ0n) is 16.1. The molecule has 4 rings (SSSR count). The van der Waals surface area contributed by atoms with Gasteiger partial charge in [-0.2, -0.15) is 5.10 Å². The van der Waals surface area contributed by atoms with Crippen LogP contribution in [0, 0.1) is 6.92 Å². The number of rotatable bonds is 4. The second kappa shape index (κ2) is 8.63. The third-order valence-corrected chi connectivity index (χ3v) is 5.06. The number of likely N-dealkylation sites (N-methyl/N-ethyl adjacent to an activating group) is 1. The van der Waals surface area contributed by atoms with E-state index in [1.165, 1.54) is 0 Å². The molecule has 0 spiro atoms. The number of carbonyl (C=O) groups excluding carboxylic acids is 1. The standard InChI is InChI=1S/C21H24N4O2.ClH/c1-15-10-11-19(27-15)20-18(14-25(23-20)17-8-4-3-5-9-17)21(26)24-12-6-7-16(13-24)22-2;/h3-5,8-11,14,16,22H,6-7,12-13H2,1-2H3;1H. The first-order valence-electron chi connectivity index (χ1n) is 9.34. The molecule has 28 heavy (non-hydrogen) atoms. The lowest BCUT2D eigenvalue weighted by molar-refractivity contribution is 0.0698. The second-order valence-electron chi connectivity index (χ2n) is 6.96. The lowest BCUT2D eigenvalue weighted by Crippen LogP contribution is -2.47. The normalized spacial score (nSPS) is 16.6. The van der Waals surface area contributed by atoms with Crippen LogP contribution in [0.25, 0.3) is 17.1 Å². The van der Waals surface area contributed by atoms with Crippen LogP contribution in [-0.2, 0) is 0 Å². The summed E-state index contributed by atoms with van der Waals surface area (Å²) in [6, 6.07) is 13.9. The van der Waals surface area contributed by atoms with Crippen molar-refractivity contribution >= 4 is 18.3 Å². The van der Waals surface area contributed by atoms with Crippen LogP contribution in [0.2, 0.25) is 0 Å². The van der Waals surface area contributed by atoms with Crippen LogP contribution in [0.5, 0.6) is 0 Å². The van der Waals surface area contributed by atoms with Crippen molar-refractivity contribution in [3.8, 4) is 17.1 Å². The van der Waals surface area contributed by atoms with Crippen molar-refractivity contribution in [1.29, 1.82) is 0 Å². The highest BCUT2D eigenvalue weighted by Crippen LogP contribution is 2.27. The van der Waals surface area contributed by atoms with Gasteiger partial charge in [-0.1, -0.05) is 18.2 Å². The summed E-state index contributed by atoms with van der Waals surface area (Å²) in [7, 11) is 1.95. The average Bonchev–Trinajstić information content (AvgIpc) is 3.34. The molecular formula is C21H25ClN4O2. The van der Waals surface area contributed by atoms with Crippen molar-refractivity contribution in [3.63, 3.8) is 0 Å². The number of hydrogen-bond acceptors (Lipinski definition) is 4. The molecule has 0 saturated carbocycles. The fourth-order valence-electron chi connectivity index (χ4n) is 3.55. The van der Waals surface area contributed by atoms with Crippen molar-refractivity contribution in [3.05, 3.63) is 60.0 Å². The lowest BCUT2D eigenvalue weighted by atomic mass is 10.0. The van der Waals surface area contributed by atoms with E-state index in [9.17, 15) is 4.79 Å². The van der Waals surface area contributed by atoms with Crippen molar-refractivity contribution in [2.45, 2.75) is 25.8 Å². The number of nitrogens with zero attached hydrogens (tertiary/aromatic N) is 3. The van der Waals surface area contributed by atoms with Gasteiger partial charge in [-0.15, -0.1) is 12.4 Å². The number of likely N-dealkylation sites (tertiary alicyclic amines) is 1. The summed E-state index contributed by atoms with van der Waals surface area (Å²) in [5.41, 5.74) is 2.07. The van der Waals surface area contributed by atoms with Gasteiger partial charge in [0, 0.05) is 25.3 Å². The Labute approximate surface area is 170 Å². The minimum absolute atomic E-state index is 0. The summed E-state index contributed by atoms with van der Waals surface area (Å²) < 4.78 is 7.53. The van der Waals surface area contributed by atoms with Crippen LogP contribution in [-0.4, -0.2) is 46.8 Å². The van der Waals surface area contributed by atoms with E-state index in [-0.39, 0.29) is 18.3 Å². The van der Waals surface area contributed by atoms with Crippen molar-refractivity contribution in [2.24, 2.45) is 0 Å². The quantitative estimate of drug-likeness (QED) is 0.725. The van der Waals surface area contributed by atoms with E-state index in [0.717, 1.165) is 30.8 Å². The summed E-state index contributed by atoms with van der Waals surface area (Å²) in [6.45, 7) is 3.37. The van der Waals surface area contributed by atoms with Gasteiger partial charge in [-0.3, -0.25) is 4.79 Å². The molecule has 1 amide bonds. The van der Waals surface area contributed by atoms with Gasteiger partial charge in [0.2, 0.25) is 0 Å². The molecule has 1 fully saturated rings. The molecule has 0 aliphatic carbocycles. The molecule has 2 aromatic heterocycles. The number of furan rings is 1. The van der Waals surface area contributed by atoms with Crippen LogP contribution in [0.15, 0.2) is 53.1 Å². The number of nitrogens with one attached hydrogen (secondary N) is 1. The zero-order chi connectivity index (χ0) is 18.8. The van der Waals surface area contributed by atoms with E-state index in [0.29, 0.717) is 29.6 Å². The van der Waals surface area contributed by atoms with Gasteiger partial charge in [-0.25, -0.2) is 4.68 Å². The van der Waals surface area contributed by atoms with Crippen LogP contribution >= 0.6 is 12.4 Å². The van der Waals surface area contributed by atoms with Crippen molar-refractivity contribution < 1.29 is 9.21 Å². The predicted molar refractivity (Wildman–Crippen MR) is 111 cm³/mol. The molecule has 3 heterocycles. The van der Waals surface area contributed by atoms with E-state index in [1.54, 1.807) is 4.68 Å². The smallest absolute Gasteiger partial charge is 0.257 e. The molecule has 1 atom stereocenters. The summed E-state index contributed by atoms with van der Waals surface area (Å²) in [4.78, 5) is 15.2. The van der Waals surface area contributed by atoms with Crippen LogP contribution in [0.4, 0.5) is 0 Å². The Morgan fingerprint density at radius 2 is 2.00 bits per heavy atom. The van der Waals surface area contributed by atoms with E-state index < -0.39 is 0 Å². The van der Waals surface area contributed by atoms with Gasteiger partial charge in [0.25, 0.3) is 5.91 Å². The Hall–Kier alpha value is -2.57. The van der Waals surface area contributed by atoms with Crippen molar-refractivity contribution in [1.82, 2.24) is 20.0 Å². The zero-order valence-corrected chi connectivity index (χ0v) is 16.9. The molecule has 6 nitrogen and oxygen atoms in total. The molecule has 3 aromatic rings. The van der Waals surface area contributed by atoms with E-state index >= 15 is 0 Å². The number of amides is 1. The molecule has 148 valence electrons. The summed E-state index contributed by atoms with van der Waals surface area (Å²) in [6.07, 6.45) is 3.90. The number of aryl methyl sites for hydroxylation is 1. The molecule has 1 aliphatic heterocycles. The number of piperidine rings is 1. The lowest BCUT2D eigenvalue weighted by Gasteiger charge is -2.32. The maximum absolute atomic E-state index is 13.3. The molecule has 1 aromatic carbocycles. The number of carbonyl (C=O) groups is 1. The number of para-hydroxylation sites is 1. The van der Waals surface area contributed by atoms with Gasteiger partial charge >= 0.3 is 0 Å². The first kappa shape index (κ1) is 20.2. The van der Waals surface area contributed by atoms with Crippen LogP contribution in [0.3, 0.4) is 0 Å². The number of aromatic nitrogens is 2. The SMILES string of the molecule is CNC1CCCN(C(=O)c2cn(-c3ccccc3)nc2-c2ccc(C)o2)C1.Cl. The Bertz CT molecular complexity index is 935. The first-order valence-corrected chi connectivity index (χ1v) is 9.34. The fraction of sp³-hybridized carbons (Fsp3) is 0.333. The summed E-state index contributed by atoms with van der Waals surface area (Å²) in [5, 5.41) is 7.97. The highest BCUT2D eigenvalue weighted by Gasteiger charge is 2.28. The van der Waals surface area contributed by atoms with Gasteiger partial charge in [0.15, 0.2) is 5.76 Å². The average molecular weight is 401 g/mol. The molecule has 0 bridgehead atoms. The largest absolute Gasteiger partial charge is 0.460 e. The van der Waals surface area contributed by atoms with Gasteiger partial charge in [0.1, 0.15) is 11.5 Å². The number of hydrogen-bond donors (Lipinski definition) is 1. The minimum atomic E-state index is 0. The molecule has 7 heteroatoms. The topological polar surface area (TPSA) is 63.3 Å². The van der Waals surface area contributed by atoms with E-state index in [4.69, 9.17) is 4.42 Å². The van der Waals surface area contributed by atoms with Crippen LogP contribution in [0.1, 0.15) is 29.0 Å². The Morgan fingerprint density at radius 1 is 1.21 bits per heavy atom. The van der Waals surface area contributed by atoms with Gasteiger partial charge < -0.3 is 14.6 Å². The van der Waals surface area contributed by atoms with Crippen molar-refractivity contribution in [2.75, 3.05) is 20.1 Å². The second-order valence-corrected chi connectivity index (χ2v) is 6.96. The maximum atomic E-state index is 13.3. The van der Waals surface area contributed by atoms with E-state index in [1.807, 2.05) is 67.5 Å². The summed E-state index contributed by atoms with van der Waals surface area (Å²) >= 11 is 0. The Kier molecular flexibility index (Phi) is 6.21. The highest BCUT2D eigenvalue weighted by molar-refractivity contribution is 5.99. The third-order valence-electron chi connectivity index (χ3n) is 5.06. The molecule has 1 unspecified atom stereocenters. The molecule has 1 N–H and O–H groups in total. The van der Waals surface area contributed by atoms with Gasteiger partial charge in [0.05, 0.1) is 11.3 Å². The number of benzene rings is 1. The van der Waals surface area contributed by atoms with Crippen LogP contribution < -0.4 is 5.32 Å². The highest BCUT2D eigenvalue weighted by atomic mass is 35.5. The number of halogens is 1. The Balaban J connectivity index is 0.00000225. The minimum Gasteiger partial charge on any atom is -0.460 e. The van der Waals surface area contributed by atoms with Gasteiger partial charge in [-0.05, 0) is 51.1 Å². The molecule has 1 aliphatic rings. The summed E-state index contributed by atoms with van der Waals surface area (Å²) in [5.74, 6) is 1.42. The maximum Gasteiger partial charge on any atom is 0.257 e. The fourth-order valence-corrected chi connectivity index (χ4v) is 3.55. The predicted octanol–water partition coefficient (Wildman–Crippen LogP) is 3.69. The monoisotopic (exact) mass is 400 g/mol. The third kappa shape index (κ3) is 3.98. The molecule has 0 radical (unpaired) electrons. The van der Waals surface area contributed by atoms with E-state index in [2.05, 4.69) is 10.4 Å².